The summed E-state index contributed by atoms with van der Waals surface area (Å²) in [7, 11) is -2.97. The lowest BCUT2D eigenvalue weighted by Crippen LogP contribution is -2.10. The zero-order valence-corrected chi connectivity index (χ0v) is 13.0. The number of carbonyl (C=O) groups excluding carboxylic acids is 1. The summed E-state index contributed by atoms with van der Waals surface area (Å²) in [6, 6.07) is 7.50. The van der Waals surface area contributed by atoms with Crippen molar-refractivity contribution in [3.63, 3.8) is 0 Å². The zero-order chi connectivity index (χ0) is 14.3. The molecule has 1 rings (SSSR count). The number of hydrogen-bond acceptors (Lipinski definition) is 4. The Kier molecular flexibility index (Phi) is 6.58. The van der Waals surface area contributed by atoms with Gasteiger partial charge in [-0.15, -0.1) is 11.8 Å². The molecular weight excluding hydrogens is 280 g/mol. The highest BCUT2D eigenvalue weighted by molar-refractivity contribution is 7.99. The van der Waals surface area contributed by atoms with Gasteiger partial charge in [-0.1, -0.05) is 26.0 Å². The fraction of sp³-hybridized carbons (Fsp3) is 0.500. The molecule has 0 aliphatic rings. The number of hydrogen-bond donors (Lipinski definition) is 0. The quantitative estimate of drug-likeness (QED) is 0.546. The number of rotatable bonds is 8. The Morgan fingerprint density at radius 2 is 1.79 bits per heavy atom. The average Bonchev–Trinajstić information content (AvgIpc) is 2.39. The van der Waals surface area contributed by atoms with E-state index in [1.807, 2.05) is 24.3 Å². The molecule has 19 heavy (non-hydrogen) atoms. The van der Waals surface area contributed by atoms with E-state index in [1.165, 1.54) is 0 Å². The Hall–Kier alpha value is -0.810. The molecule has 0 spiro atoms. The van der Waals surface area contributed by atoms with Crippen LogP contribution in [-0.4, -0.2) is 31.5 Å². The summed E-state index contributed by atoms with van der Waals surface area (Å²) in [6.07, 6.45) is 0.694. The van der Waals surface area contributed by atoms with Crippen LogP contribution in [0.15, 0.2) is 29.2 Å². The predicted octanol–water partition coefficient (Wildman–Crippen LogP) is 3.20. The fourth-order valence-electron chi connectivity index (χ4n) is 1.65. The topological polar surface area (TPSA) is 51.2 Å². The van der Waals surface area contributed by atoms with Crippen molar-refractivity contribution in [1.29, 1.82) is 0 Å². The zero-order valence-electron chi connectivity index (χ0n) is 11.4. The van der Waals surface area contributed by atoms with Crippen molar-refractivity contribution in [2.75, 3.05) is 17.3 Å². The third-order valence-electron chi connectivity index (χ3n) is 2.79. The van der Waals surface area contributed by atoms with Gasteiger partial charge < -0.3 is 0 Å². The number of sulfone groups is 1. The maximum Gasteiger partial charge on any atom is 0.162 e. The summed E-state index contributed by atoms with van der Waals surface area (Å²) < 4.78 is 22.6. The van der Waals surface area contributed by atoms with Crippen molar-refractivity contribution in [1.82, 2.24) is 0 Å². The first-order valence-corrected chi connectivity index (χ1v) is 9.25. The third kappa shape index (κ3) is 5.78. The Balaban J connectivity index is 2.50. The maximum atomic E-state index is 11.9. The molecule has 0 amide bonds. The molecule has 1 aromatic carbocycles. The molecule has 0 radical (unpaired) electrons. The Morgan fingerprint density at radius 1 is 1.16 bits per heavy atom. The molecule has 0 aliphatic carbocycles. The van der Waals surface area contributed by atoms with Crippen LogP contribution in [-0.2, 0) is 9.84 Å². The fourth-order valence-corrected chi connectivity index (χ4v) is 3.18. The second-order valence-electron chi connectivity index (χ2n) is 4.22. The lowest BCUT2D eigenvalue weighted by Gasteiger charge is -2.03. The van der Waals surface area contributed by atoms with Crippen LogP contribution in [0, 0.1) is 0 Å². The monoisotopic (exact) mass is 300 g/mol. The van der Waals surface area contributed by atoms with Crippen molar-refractivity contribution in [3.05, 3.63) is 29.8 Å². The van der Waals surface area contributed by atoms with Crippen LogP contribution in [0.4, 0.5) is 0 Å². The first-order chi connectivity index (χ1) is 8.98. The molecule has 1 aromatic rings. The molecule has 0 atom stereocenters. The van der Waals surface area contributed by atoms with Gasteiger partial charge in [0.25, 0.3) is 0 Å². The Morgan fingerprint density at radius 3 is 2.32 bits per heavy atom. The molecule has 0 unspecified atom stereocenters. The van der Waals surface area contributed by atoms with Crippen molar-refractivity contribution < 1.29 is 13.2 Å². The van der Waals surface area contributed by atoms with Crippen LogP contribution in [0.3, 0.4) is 0 Å². The van der Waals surface area contributed by atoms with Crippen LogP contribution in [0.25, 0.3) is 0 Å². The van der Waals surface area contributed by atoms with Crippen LogP contribution in [0.1, 0.15) is 37.0 Å². The molecule has 0 N–H and O–H groups in total. The van der Waals surface area contributed by atoms with E-state index in [-0.39, 0.29) is 17.3 Å². The van der Waals surface area contributed by atoms with E-state index in [2.05, 4.69) is 6.92 Å². The smallest absolute Gasteiger partial charge is 0.162 e. The third-order valence-corrected chi connectivity index (χ3v) is 5.47. The van der Waals surface area contributed by atoms with Gasteiger partial charge in [-0.2, -0.15) is 0 Å². The average molecular weight is 300 g/mol. The van der Waals surface area contributed by atoms with E-state index in [0.29, 0.717) is 18.4 Å². The lowest BCUT2D eigenvalue weighted by atomic mass is 10.1. The summed E-state index contributed by atoms with van der Waals surface area (Å²) in [5.74, 6) is 1.25. The van der Waals surface area contributed by atoms with E-state index < -0.39 is 9.84 Å². The molecule has 3 nitrogen and oxygen atoms in total. The van der Waals surface area contributed by atoms with Crippen LogP contribution >= 0.6 is 11.8 Å². The summed E-state index contributed by atoms with van der Waals surface area (Å²) >= 11 is 1.73. The summed E-state index contributed by atoms with van der Waals surface area (Å²) in [5.41, 5.74) is 0.661. The van der Waals surface area contributed by atoms with Crippen molar-refractivity contribution >= 4 is 27.4 Å². The summed E-state index contributed by atoms with van der Waals surface area (Å²) in [4.78, 5) is 13.0. The second-order valence-corrected chi connectivity index (χ2v) is 8.03. The van der Waals surface area contributed by atoms with Gasteiger partial charge in [0.1, 0.15) is 9.84 Å². The number of Topliss-reactive ketones (excluding diaryl/α,β-unsaturated/α-hetero) is 1. The van der Waals surface area contributed by atoms with Crippen LogP contribution < -0.4 is 0 Å². The highest BCUT2D eigenvalue weighted by atomic mass is 32.2. The Bertz CT molecular complexity index is 504. The van der Waals surface area contributed by atoms with E-state index in [1.54, 1.807) is 18.7 Å². The minimum absolute atomic E-state index is 0.0133. The largest absolute Gasteiger partial charge is 0.294 e. The van der Waals surface area contributed by atoms with Crippen molar-refractivity contribution in [3.8, 4) is 0 Å². The molecule has 0 saturated heterocycles. The van der Waals surface area contributed by atoms with Crippen LogP contribution in [0.2, 0.25) is 0 Å². The molecule has 0 saturated carbocycles. The molecule has 0 aromatic heterocycles. The number of ketones is 1. The molecular formula is C14H20O3S2. The molecule has 5 heteroatoms. The van der Waals surface area contributed by atoms with E-state index in [4.69, 9.17) is 0 Å². The standard InChI is InChI=1S/C14H20O3S2/c1-3-18-13-9-7-12(8-10-13)14(15)6-5-11-19(16,17)4-2/h7-10H,3-6,11H2,1-2H3. The number of benzene rings is 1. The van der Waals surface area contributed by atoms with Gasteiger partial charge >= 0.3 is 0 Å². The van der Waals surface area contributed by atoms with Gasteiger partial charge in [0.05, 0.1) is 5.75 Å². The highest BCUT2D eigenvalue weighted by Gasteiger charge is 2.10. The summed E-state index contributed by atoms with van der Waals surface area (Å²) in [5, 5.41) is 0. The van der Waals surface area contributed by atoms with E-state index in [9.17, 15) is 13.2 Å². The minimum atomic E-state index is -2.97. The Labute approximate surface area is 119 Å². The normalized spacial score (nSPS) is 11.5. The van der Waals surface area contributed by atoms with Gasteiger partial charge in [0, 0.05) is 22.6 Å². The highest BCUT2D eigenvalue weighted by Crippen LogP contribution is 2.18. The maximum absolute atomic E-state index is 11.9. The van der Waals surface area contributed by atoms with Crippen molar-refractivity contribution in [2.45, 2.75) is 31.6 Å². The number of carbonyl (C=O) groups is 1. The number of thioether (sulfide) groups is 1. The van der Waals surface area contributed by atoms with E-state index >= 15 is 0 Å². The van der Waals surface area contributed by atoms with Gasteiger partial charge in [0.15, 0.2) is 5.78 Å². The van der Waals surface area contributed by atoms with Gasteiger partial charge in [-0.3, -0.25) is 4.79 Å². The molecule has 0 bridgehead atoms. The van der Waals surface area contributed by atoms with Gasteiger partial charge in [-0.05, 0) is 24.3 Å². The molecule has 106 valence electrons. The SMILES string of the molecule is CCSc1ccc(C(=O)CCCS(=O)(=O)CC)cc1. The second kappa shape index (κ2) is 7.70. The van der Waals surface area contributed by atoms with Gasteiger partial charge in [0.2, 0.25) is 0 Å². The first-order valence-electron chi connectivity index (χ1n) is 6.45. The lowest BCUT2D eigenvalue weighted by molar-refractivity contribution is 0.0982. The molecule has 0 fully saturated rings. The van der Waals surface area contributed by atoms with E-state index in [0.717, 1.165) is 10.6 Å². The summed E-state index contributed by atoms with van der Waals surface area (Å²) in [6.45, 7) is 3.71. The van der Waals surface area contributed by atoms with Gasteiger partial charge in [-0.25, -0.2) is 8.42 Å². The predicted molar refractivity (Wildman–Crippen MR) is 80.7 cm³/mol. The first kappa shape index (κ1) is 16.2. The van der Waals surface area contributed by atoms with Crippen molar-refractivity contribution in [2.24, 2.45) is 0 Å². The molecule has 0 heterocycles. The molecule has 0 aliphatic heterocycles. The van der Waals surface area contributed by atoms with Crippen LogP contribution in [0.5, 0.6) is 0 Å². The minimum Gasteiger partial charge on any atom is -0.294 e.